The molecule has 0 bridgehead atoms. The number of rotatable bonds is 5. The molecule has 1 aromatic carbocycles. The smallest absolute Gasteiger partial charge is 0.344 e. The van der Waals surface area contributed by atoms with Crippen molar-refractivity contribution in [3.63, 3.8) is 0 Å². The van der Waals surface area contributed by atoms with Gasteiger partial charge in [-0.1, -0.05) is 19.4 Å². The van der Waals surface area contributed by atoms with E-state index in [-0.39, 0.29) is 12.6 Å². The Bertz CT molecular complexity index is 436. The molecule has 0 N–H and O–H groups in total. The lowest BCUT2D eigenvalue weighted by Gasteiger charge is -2.19. The number of benzene rings is 1. The molecule has 0 atom stereocenters. The first-order valence-corrected chi connectivity index (χ1v) is 7.24. The number of esters is 1. The summed E-state index contributed by atoms with van der Waals surface area (Å²) in [5, 5.41) is 0. The topological polar surface area (TPSA) is 35.5 Å². The van der Waals surface area contributed by atoms with E-state index >= 15 is 0 Å². The molecule has 0 amide bonds. The van der Waals surface area contributed by atoms with Gasteiger partial charge >= 0.3 is 5.97 Å². The van der Waals surface area contributed by atoms with Gasteiger partial charge in [-0.15, -0.1) is 0 Å². The van der Waals surface area contributed by atoms with E-state index in [4.69, 9.17) is 9.47 Å². The fraction of sp³-hybridized carbons (Fsp3) is 0.533. The average Bonchev–Trinajstić information content (AvgIpc) is 2.26. The van der Waals surface area contributed by atoms with Gasteiger partial charge in [-0.05, 0) is 60.8 Å². The molecule has 0 heterocycles. The van der Waals surface area contributed by atoms with Crippen molar-refractivity contribution < 1.29 is 14.3 Å². The van der Waals surface area contributed by atoms with Gasteiger partial charge in [-0.25, -0.2) is 4.79 Å². The number of carbonyl (C=O) groups is 1. The first kappa shape index (κ1) is 16.0. The van der Waals surface area contributed by atoms with Crippen molar-refractivity contribution in [1.82, 2.24) is 0 Å². The van der Waals surface area contributed by atoms with Gasteiger partial charge in [-0.3, -0.25) is 0 Å². The van der Waals surface area contributed by atoms with Crippen LogP contribution in [0.25, 0.3) is 0 Å². The van der Waals surface area contributed by atoms with Gasteiger partial charge in [0.25, 0.3) is 0 Å². The minimum atomic E-state index is -0.483. The Balaban J connectivity index is 2.56. The predicted molar refractivity (Wildman–Crippen MR) is 79.5 cm³/mol. The van der Waals surface area contributed by atoms with Crippen molar-refractivity contribution in [2.24, 2.45) is 0 Å². The van der Waals surface area contributed by atoms with Crippen LogP contribution in [0.2, 0.25) is 0 Å². The summed E-state index contributed by atoms with van der Waals surface area (Å²) in [5.74, 6) is 0.294. The number of ether oxygens (including phenoxy) is 2. The third kappa shape index (κ3) is 6.10. The Kier molecular flexibility index (Phi) is 5.85. The standard InChI is InChI=1S/C15H21BrO3/c1-5-6-11-7-8-13(12(16)9-11)18-10-14(17)19-15(2,3)4/h7-9H,5-6,10H2,1-4H3. The maximum Gasteiger partial charge on any atom is 0.344 e. The van der Waals surface area contributed by atoms with Crippen molar-refractivity contribution >= 4 is 21.9 Å². The highest BCUT2D eigenvalue weighted by Crippen LogP contribution is 2.26. The minimum Gasteiger partial charge on any atom is -0.481 e. The Morgan fingerprint density at radius 2 is 2.00 bits per heavy atom. The van der Waals surface area contributed by atoms with Crippen molar-refractivity contribution in [1.29, 1.82) is 0 Å². The van der Waals surface area contributed by atoms with E-state index in [1.165, 1.54) is 5.56 Å². The first-order valence-electron chi connectivity index (χ1n) is 6.45. The van der Waals surface area contributed by atoms with Crippen LogP contribution >= 0.6 is 15.9 Å². The van der Waals surface area contributed by atoms with E-state index in [1.54, 1.807) is 0 Å². The van der Waals surface area contributed by atoms with Crippen LogP contribution in [0.1, 0.15) is 39.7 Å². The second-order valence-electron chi connectivity index (χ2n) is 5.39. The molecule has 1 rings (SSSR count). The van der Waals surface area contributed by atoms with Crippen LogP contribution in [0, 0.1) is 0 Å². The SMILES string of the molecule is CCCc1ccc(OCC(=O)OC(C)(C)C)c(Br)c1. The lowest BCUT2D eigenvalue weighted by molar-refractivity contribution is -0.157. The third-order valence-corrected chi connectivity index (χ3v) is 2.92. The largest absolute Gasteiger partial charge is 0.481 e. The first-order chi connectivity index (χ1) is 8.81. The molecule has 0 aliphatic heterocycles. The molecule has 4 heteroatoms. The van der Waals surface area contributed by atoms with Crippen molar-refractivity contribution in [3.05, 3.63) is 28.2 Å². The van der Waals surface area contributed by atoms with Gasteiger partial charge in [-0.2, -0.15) is 0 Å². The number of hydrogen-bond donors (Lipinski definition) is 0. The van der Waals surface area contributed by atoms with Crippen molar-refractivity contribution in [3.8, 4) is 5.75 Å². The molecular weight excluding hydrogens is 308 g/mol. The fourth-order valence-corrected chi connectivity index (χ4v) is 2.15. The summed E-state index contributed by atoms with van der Waals surface area (Å²) in [6.45, 7) is 7.56. The Morgan fingerprint density at radius 3 is 2.53 bits per heavy atom. The average molecular weight is 329 g/mol. The summed E-state index contributed by atoms with van der Waals surface area (Å²) < 4.78 is 11.5. The number of aryl methyl sites for hydroxylation is 1. The molecule has 0 unspecified atom stereocenters. The third-order valence-electron chi connectivity index (χ3n) is 2.30. The molecule has 0 aliphatic rings. The van der Waals surface area contributed by atoms with E-state index in [0.717, 1.165) is 17.3 Å². The zero-order chi connectivity index (χ0) is 14.5. The lowest BCUT2D eigenvalue weighted by atomic mass is 10.1. The van der Waals surface area contributed by atoms with E-state index in [0.29, 0.717) is 5.75 Å². The molecule has 0 saturated carbocycles. The molecular formula is C15H21BrO3. The van der Waals surface area contributed by atoms with E-state index in [2.05, 4.69) is 22.9 Å². The molecule has 0 fully saturated rings. The number of hydrogen-bond acceptors (Lipinski definition) is 3. The van der Waals surface area contributed by atoms with Gasteiger partial charge in [0.1, 0.15) is 11.4 Å². The molecule has 3 nitrogen and oxygen atoms in total. The lowest BCUT2D eigenvalue weighted by Crippen LogP contribution is -2.27. The monoisotopic (exact) mass is 328 g/mol. The Morgan fingerprint density at radius 1 is 1.32 bits per heavy atom. The van der Waals surface area contributed by atoms with Gasteiger partial charge in [0.05, 0.1) is 4.47 Å². The van der Waals surface area contributed by atoms with Gasteiger partial charge in [0.2, 0.25) is 0 Å². The molecule has 0 spiro atoms. The van der Waals surface area contributed by atoms with Crippen molar-refractivity contribution in [2.45, 2.75) is 46.1 Å². The Labute approximate surface area is 123 Å². The van der Waals surface area contributed by atoms with Gasteiger partial charge in [0.15, 0.2) is 6.61 Å². The van der Waals surface area contributed by atoms with Crippen LogP contribution in [-0.4, -0.2) is 18.2 Å². The van der Waals surface area contributed by atoms with Crippen LogP contribution in [0.15, 0.2) is 22.7 Å². The molecule has 106 valence electrons. The fourth-order valence-electron chi connectivity index (χ4n) is 1.61. The number of carbonyl (C=O) groups excluding carboxylic acids is 1. The quantitative estimate of drug-likeness (QED) is 0.762. The summed E-state index contributed by atoms with van der Waals surface area (Å²) in [4.78, 5) is 11.6. The normalized spacial score (nSPS) is 11.2. The zero-order valence-corrected chi connectivity index (χ0v) is 13.5. The number of halogens is 1. The summed E-state index contributed by atoms with van der Waals surface area (Å²) >= 11 is 3.45. The molecule has 0 saturated heterocycles. The Hall–Kier alpha value is -1.03. The van der Waals surface area contributed by atoms with Gasteiger partial charge in [0, 0.05) is 0 Å². The van der Waals surface area contributed by atoms with Crippen LogP contribution in [0.3, 0.4) is 0 Å². The second-order valence-corrected chi connectivity index (χ2v) is 6.24. The zero-order valence-electron chi connectivity index (χ0n) is 12.0. The summed E-state index contributed by atoms with van der Waals surface area (Å²) in [7, 11) is 0. The molecule has 0 radical (unpaired) electrons. The van der Waals surface area contributed by atoms with Crippen LogP contribution in [0.5, 0.6) is 5.75 Å². The van der Waals surface area contributed by atoms with E-state index in [9.17, 15) is 4.79 Å². The van der Waals surface area contributed by atoms with Gasteiger partial charge < -0.3 is 9.47 Å². The predicted octanol–water partition coefficient (Wildman–Crippen LogP) is 4.12. The summed E-state index contributed by atoms with van der Waals surface area (Å²) in [6, 6.07) is 5.91. The highest BCUT2D eigenvalue weighted by Gasteiger charge is 2.16. The van der Waals surface area contributed by atoms with E-state index < -0.39 is 5.60 Å². The van der Waals surface area contributed by atoms with E-state index in [1.807, 2.05) is 39.0 Å². The molecule has 1 aromatic rings. The summed E-state index contributed by atoms with van der Waals surface area (Å²) in [6.07, 6.45) is 2.13. The minimum absolute atomic E-state index is 0.0804. The highest BCUT2D eigenvalue weighted by molar-refractivity contribution is 9.10. The maximum atomic E-state index is 11.6. The molecule has 19 heavy (non-hydrogen) atoms. The highest BCUT2D eigenvalue weighted by atomic mass is 79.9. The van der Waals surface area contributed by atoms with Crippen LogP contribution in [-0.2, 0) is 16.0 Å². The molecule has 0 aromatic heterocycles. The van der Waals surface area contributed by atoms with Crippen LogP contribution < -0.4 is 4.74 Å². The van der Waals surface area contributed by atoms with Crippen molar-refractivity contribution in [2.75, 3.05) is 6.61 Å². The molecule has 0 aliphatic carbocycles. The second kappa shape index (κ2) is 6.94. The maximum absolute atomic E-state index is 11.6. The summed E-state index contributed by atoms with van der Waals surface area (Å²) in [5.41, 5.74) is 0.766. The van der Waals surface area contributed by atoms with Crippen LogP contribution in [0.4, 0.5) is 0 Å².